The van der Waals surface area contributed by atoms with Gasteiger partial charge in [0, 0.05) is 6.61 Å². The Bertz CT molecular complexity index is 1240. The highest BCUT2D eigenvalue weighted by Crippen LogP contribution is 2.24. The number of H-pyrrole nitrogens is 1. The number of hydrogen-bond donors (Lipinski definition) is 1. The Morgan fingerprint density at radius 3 is 2.93 bits per heavy atom. The molecule has 1 N–H and O–H groups in total. The normalized spacial score (nSPS) is 16.5. The zero-order chi connectivity index (χ0) is 20.5. The Hall–Kier alpha value is -3.37. The fourth-order valence-electron chi connectivity index (χ4n) is 3.42. The first kappa shape index (κ1) is 18.6. The van der Waals surface area contributed by atoms with Gasteiger partial charge >= 0.3 is 5.69 Å². The molecule has 10 heteroatoms. The van der Waals surface area contributed by atoms with Gasteiger partial charge in [0.05, 0.1) is 37.3 Å². The average molecular weight is 408 g/mol. The fraction of sp³-hybridized carbons (Fsp3) is 0.350. The lowest BCUT2D eigenvalue weighted by Crippen LogP contribution is -2.14. The molecule has 5 rings (SSSR count). The van der Waals surface area contributed by atoms with E-state index < -0.39 is 5.69 Å². The number of nitrogens with one attached hydrogen (secondary N) is 1. The zero-order valence-corrected chi connectivity index (χ0v) is 16.4. The molecule has 0 spiro atoms. The summed E-state index contributed by atoms with van der Waals surface area (Å²) in [5, 5.41) is 8.39. The summed E-state index contributed by atoms with van der Waals surface area (Å²) in [6, 6.07) is 9.32. The highest BCUT2D eigenvalue weighted by molar-refractivity contribution is 5.84. The molecule has 1 aliphatic heterocycles. The van der Waals surface area contributed by atoms with Crippen LogP contribution in [0.4, 0.5) is 0 Å². The second-order valence-corrected chi connectivity index (χ2v) is 7.16. The number of nitrogens with zero attached hydrogens (tertiary/aromatic N) is 5. The van der Waals surface area contributed by atoms with Crippen LogP contribution < -0.4 is 5.69 Å². The van der Waals surface area contributed by atoms with Crippen molar-refractivity contribution in [2.45, 2.75) is 32.6 Å². The highest BCUT2D eigenvalue weighted by Gasteiger charge is 2.18. The van der Waals surface area contributed by atoms with E-state index in [-0.39, 0.29) is 6.10 Å². The predicted molar refractivity (Wildman–Crippen MR) is 106 cm³/mol. The van der Waals surface area contributed by atoms with Gasteiger partial charge in [-0.1, -0.05) is 11.3 Å². The van der Waals surface area contributed by atoms with Gasteiger partial charge in [0.1, 0.15) is 11.5 Å². The zero-order valence-electron chi connectivity index (χ0n) is 16.4. The van der Waals surface area contributed by atoms with Crippen molar-refractivity contribution in [1.29, 1.82) is 0 Å². The molecule has 0 aromatic carbocycles. The first-order chi connectivity index (χ1) is 14.7. The van der Waals surface area contributed by atoms with Crippen LogP contribution in [0.1, 0.15) is 23.6 Å². The summed E-state index contributed by atoms with van der Waals surface area (Å²) in [7, 11) is 0. The van der Waals surface area contributed by atoms with Crippen molar-refractivity contribution in [2.24, 2.45) is 0 Å². The van der Waals surface area contributed by atoms with Crippen molar-refractivity contribution in [3.63, 3.8) is 0 Å². The molecule has 1 atom stereocenters. The molecule has 0 saturated carbocycles. The van der Waals surface area contributed by atoms with Gasteiger partial charge in [-0.25, -0.2) is 9.48 Å². The molecule has 10 nitrogen and oxygen atoms in total. The summed E-state index contributed by atoms with van der Waals surface area (Å²) < 4.78 is 18.4. The molecular weight excluding hydrogens is 388 g/mol. The maximum atomic E-state index is 12.1. The van der Waals surface area contributed by atoms with Gasteiger partial charge in [-0.15, -0.1) is 5.10 Å². The molecule has 0 amide bonds. The van der Waals surface area contributed by atoms with Crippen LogP contribution in [-0.4, -0.2) is 49.3 Å². The van der Waals surface area contributed by atoms with Gasteiger partial charge in [-0.2, -0.15) is 4.98 Å². The van der Waals surface area contributed by atoms with E-state index in [9.17, 15) is 4.79 Å². The molecule has 30 heavy (non-hydrogen) atoms. The van der Waals surface area contributed by atoms with E-state index in [1.165, 1.54) is 0 Å². The Balaban J connectivity index is 1.41. The quantitative estimate of drug-likeness (QED) is 0.513. The van der Waals surface area contributed by atoms with E-state index in [1.807, 2.05) is 31.2 Å². The maximum absolute atomic E-state index is 12.1. The molecule has 4 aromatic heterocycles. The Kier molecular flexibility index (Phi) is 4.85. The Morgan fingerprint density at radius 1 is 1.23 bits per heavy atom. The van der Waals surface area contributed by atoms with Gasteiger partial charge in [0.2, 0.25) is 0 Å². The first-order valence-electron chi connectivity index (χ1n) is 9.70. The van der Waals surface area contributed by atoms with Crippen LogP contribution in [0.2, 0.25) is 0 Å². The van der Waals surface area contributed by atoms with Gasteiger partial charge in [-0.05, 0) is 37.6 Å². The van der Waals surface area contributed by atoms with Crippen molar-refractivity contribution in [3.8, 4) is 11.5 Å². The fourth-order valence-corrected chi connectivity index (χ4v) is 3.42. The van der Waals surface area contributed by atoms with Gasteiger partial charge in [0.15, 0.2) is 16.9 Å². The Morgan fingerprint density at radius 2 is 2.13 bits per heavy atom. The minimum absolute atomic E-state index is 0.120. The van der Waals surface area contributed by atoms with Crippen LogP contribution in [0.15, 0.2) is 39.5 Å². The predicted octanol–water partition coefficient (Wildman–Crippen LogP) is 1.83. The molecule has 1 aliphatic rings. The lowest BCUT2D eigenvalue weighted by atomic mass is 10.2. The van der Waals surface area contributed by atoms with Crippen LogP contribution in [0.3, 0.4) is 0 Å². The number of furan rings is 1. The largest absolute Gasteiger partial charge is 0.460 e. The van der Waals surface area contributed by atoms with Crippen molar-refractivity contribution in [1.82, 2.24) is 29.9 Å². The summed E-state index contributed by atoms with van der Waals surface area (Å²) in [6.07, 6.45) is 1.02. The number of fused-ring (bicyclic) bond motifs is 1. The number of hydrogen-bond acceptors (Lipinski definition) is 8. The summed E-state index contributed by atoms with van der Waals surface area (Å²) in [5.41, 5.74) is 2.38. The molecule has 0 radical (unpaired) electrons. The number of rotatable bonds is 6. The monoisotopic (exact) mass is 408 g/mol. The number of aryl methyl sites for hydroxylation is 1. The van der Waals surface area contributed by atoms with Crippen LogP contribution in [0, 0.1) is 6.92 Å². The third-order valence-corrected chi connectivity index (χ3v) is 4.90. The van der Waals surface area contributed by atoms with Gasteiger partial charge < -0.3 is 18.9 Å². The molecular formula is C20H20N6O4. The lowest BCUT2D eigenvalue weighted by Gasteiger charge is -2.10. The Labute approximate surface area is 170 Å². The minimum Gasteiger partial charge on any atom is -0.460 e. The van der Waals surface area contributed by atoms with E-state index >= 15 is 0 Å². The van der Waals surface area contributed by atoms with Crippen molar-refractivity contribution >= 4 is 11.2 Å². The molecule has 5 heterocycles. The van der Waals surface area contributed by atoms with Crippen molar-refractivity contribution < 1.29 is 13.9 Å². The van der Waals surface area contributed by atoms with Gasteiger partial charge in [-0.3, -0.25) is 4.98 Å². The lowest BCUT2D eigenvalue weighted by molar-refractivity contribution is 0.0301. The molecule has 1 saturated heterocycles. The molecule has 4 aromatic rings. The number of aromatic nitrogens is 6. The van der Waals surface area contributed by atoms with Crippen molar-refractivity contribution in [2.75, 3.05) is 13.2 Å². The van der Waals surface area contributed by atoms with Crippen LogP contribution >= 0.6 is 0 Å². The molecule has 0 bridgehead atoms. The van der Waals surface area contributed by atoms with Crippen LogP contribution in [0.5, 0.6) is 0 Å². The standard InChI is InChI=1S/C20H20N6O4/c1-12-5-6-16(30-12)17-18-19(23-20(27)22-17)26(25-24-18)9-13-3-2-4-14(21-13)10-29-15-7-8-28-11-15/h2-6,15H,7-11H2,1H3,(H,22,23,27)/t15-/m0/s1. The second kappa shape index (κ2) is 7.81. The number of ether oxygens (including phenoxy) is 2. The smallest absolute Gasteiger partial charge is 0.347 e. The third kappa shape index (κ3) is 3.74. The van der Waals surface area contributed by atoms with E-state index in [0.29, 0.717) is 42.4 Å². The topological polar surface area (TPSA) is 121 Å². The molecule has 154 valence electrons. The third-order valence-electron chi connectivity index (χ3n) is 4.90. The van der Waals surface area contributed by atoms with Crippen LogP contribution in [0.25, 0.3) is 22.6 Å². The highest BCUT2D eigenvalue weighted by atomic mass is 16.5. The van der Waals surface area contributed by atoms with Crippen molar-refractivity contribution in [3.05, 3.63) is 58.0 Å². The number of aromatic amines is 1. The number of pyridine rings is 1. The molecule has 0 aliphatic carbocycles. The molecule has 1 fully saturated rings. The van der Waals surface area contributed by atoms with E-state index in [1.54, 1.807) is 10.7 Å². The van der Waals surface area contributed by atoms with Crippen LogP contribution in [-0.2, 0) is 22.6 Å². The SMILES string of the molecule is Cc1ccc(-c2[nH]c(=O)nc3c2nnn3Cc2cccc(CO[C@H]3CCOC3)n2)o1. The second-order valence-electron chi connectivity index (χ2n) is 7.16. The molecule has 0 unspecified atom stereocenters. The summed E-state index contributed by atoms with van der Waals surface area (Å²) in [5.74, 6) is 1.24. The summed E-state index contributed by atoms with van der Waals surface area (Å²) >= 11 is 0. The van der Waals surface area contributed by atoms with E-state index in [0.717, 1.165) is 30.2 Å². The van der Waals surface area contributed by atoms with E-state index in [4.69, 9.17) is 13.9 Å². The summed E-state index contributed by atoms with van der Waals surface area (Å²) in [6.45, 7) is 3.94. The maximum Gasteiger partial charge on any atom is 0.347 e. The average Bonchev–Trinajstić information content (AvgIpc) is 3.48. The van der Waals surface area contributed by atoms with E-state index in [2.05, 4.69) is 25.3 Å². The summed E-state index contributed by atoms with van der Waals surface area (Å²) in [4.78, 5) is 23.5. The van der Waals surface area contributed by atoms with Gasteiger partial charge in [0.25, 0.3) is 0 Å². The minimum atomic E-state index is -0.496. The first-order valence-corrected chi connectivity index (χ1v) is 9.70.